The average Bonchev–Trinajstić information content (AvgIpc) is 3.73. The van der Waals surface area contributed by atoms with Gasteiger partial charge in [0.1, 0.15) is 23.0 Å². The van der Waals surface area contributed by atoms with Gasteiger partial charge in [0.25, 0.3) is 0 Å². The fourth-order valence-corrected chi connectivity index (χ4v) is 7.80. The Hall–Kier alpha value is -7.29. The van der Waals surface area contributed by atoms with Crippen molar-refractivity contribution < 1.29 is 51.9 Å². The zero-order valence-electron chi connectivity index (χ0n) is 29.9. The minimum Gasteiger partial charge on any atom is -0.508 e. The molecule has 0 radical (unpaired) electrons. The highest BCUT2D eigenvalue weighted by Crippen LogP contribution is 2.43. The Balaban J connectivity index is 1.65. The normalized spacial score (nSPS) is 12.9. The van der Waals surface area contributed by atoms with E-state index < -0.39 is 22.2 Å². The molecule has 0 unspecified atom stereocenters. The molecule has 0 fully saturated rings. The number of carbonyl (C=O) groups is 2. The number of hydrogen-bond acceptors (Lipinski definition) is 10. The molecular formula is C43H32N2O11S. The molecular weight excluding hydrogens is 753 g/mol. The van der Waals surface area contributed by atoms with Gasteiger partial charge in [0.15, 0.2) is 5.75 Å². The number of hydrogen-bond donors (Lipinski definition) is 6. The van der Waals surface area contributed by atoms with E-state index in [1.165, 1.54) is 55.6 Å². The highest BCUT2D eigenvalue weighted by atomic mass is 32.3. The van der Waals surface area contributed by atoms with Crippen molar-refractivity contribution in [3.63, 3.8) is 0 Å². The maximum absolute atomic E-state index is 15.1. The molecule has 2 heterocycles. The summed E-state index contributed by atoms with van der Waals surface area (Å²) in [6.45, 7) is 0.142. The number of carbonyl (C=O) groups excluding carboxylic acids is 2. The van der Waals surface area contributed by atoms with Crippen molar-refractivity contribution in [1.29, 1.82) is 0 Å². The number of esters is 1. The van der Waals surface area contributed by atoms with Crippen LogP contribution in [0, 0.1) is 0 Å². The van der Waals surface area contributed by atoms with Gasteiger partial charge in [-0.2, -0.15) is 8.42 Å². The number of ketones is 1. The van der Waals surface area contributed by atoms with Gasteiger partial charge in [-0.05, 0) is 83.3 Å². The van der Waals surface area contributed by atoms with Crippen molar-refractivity contribution >= 4 is 44.2 Å². The number of aromatic nitrogens is 2. The van der Waals surface area contributed by atoms with Crippen LogP contribution >= 0.6 is 0 Å². The SMILES string of the molecule is COC(=O)C(c1ccc(O)cc1)=c1c(-c2ccc(O)cc2)c2c(n1CCc1ccc(O)cc1)=C(c1ccc(O)cc1)C(=O)c1[nH]c3c(OS(=O)(=O)O)cccc3c1-2. The van der Waals surface area contributed by atoms with Crippen molar-refractivity contribution in [2.24, 2.45) is 0 Å². The predicted octanol–water partition coefficient (Wildman–Crippen LogP) is 5.32. The summed E-state index contributed by atoms with van der Waals surface area (Å²) in [6, 6.07) is 29.3. The lowest BCUT2D eigenvalue weighted by Crippen LogP contribution is -2.36. The quantitative estimate of drug-likeness (QED) is 0.0816. The molecule has 6 N–H and O–H groups in total. The number of nitrogens with one attached hydrogen (secondary N) is 1. The number of aromatic amines is 1. The van der Waals surface area contributed by atoms with E-state index in [1.54, 1.807) is 66.7 Å². The van der Waals surface area contributed by atoms with Crippen molar-refractivity contribution in [2.75, 3.05) is 7.11 Å². The van der Waals surface area contributed by atoms with E-state index >= 15 is 4.79 Å². The Labute approximate surface area is 324 Å². The number of aryl methyl sites for hydroxylation is 1. The molecule has 13 nitrogen and oxygen atoms in total. The monoisotopic (exact) mass is 784 g/mol. The predicted molar refractivity (Wildman–Crippen MR) is 210 cm³/mol. The summed E-state index contributed by atoms with van der Waals surface area (Å²) in [5.74, 6) is -1.63. The van der Waals surface area contributed by atoms with E-state index in [9.17, 15) is 38.2 Å². The van der Waals surface area contributed by atoms with Gasteiger partial charge in [-0.1, -0.05) is 60.7 Å². The Morgan fingerprint density at radius 2 is 1.28 bits per heavy atom. The van der Waals surface area contributed by atoms with Crippen LogP contribution in [0.3, 0.4) is 0 Å². The number of phenolic OH excluding ortho intramolecular Hbond substituents is 4. The van der Waals surface area contributed by atoms with Gasteiger partial charge in [-0.15, -0.1) is 0 Å². The smallest absolute Gasteiger partial charge is 0.446 e. The number of benzene rings is 5. The number of rotatable bonds is 9. The summed E-state index contributed by atoms with van der Waals surface area (Å²) in [7, 11) is -3.77. The van der Waals surface area contributed by atoms with E-state index in [0.717, 1.165) is 5.56 Å². The summed E-state index contributed by atoms with van der Waals surface area (Å²) in [5, 5.41) is 42.1. The molecule has 1 aliphatic carbocycles. The first kappa shape index (κ1) is 36.7. The first-order valence-electron chi connectivity index (χ1n) is 17.4. The summed E-state index contributed by atoms with van der Waals surface area (Å²) in [6.07, 6.45) is 0.331. The molecule has 8 rings (SSSR count). The van der Waals surface area contributed by atoms with Crippen LogP contribution in [0.4, 0.5) is 0 Å². The number of phenols is 4. The van der Waals surface area contributed by atoms with E-state index in [4.69, 9.17) is 8.92 Å². The van der Waals surface area contributed by atoms with E-state index in [1.807, 2.05) is 4.57 Å². The lowest BCUT2D eigenvalue weighted by molar-refractivity contribution is -0.133. The number of aromatic hydroxyl groups is 4. The van der Waals surface area contributed by atoms with Crippen LogP contribution in [-0.2, 0) is 32.9 Å². The van der Waals surface area contributed by atoms with Gasteiger partial charge in [-0.25, -0.2) is 4.79 Å². The van der Waals surface area contributed by atoms with Crippen molar-refractivity contribution in [3.05, 3.63) is 148 Å². The van der Waals surface area contributed by atoms with Crippen molar-refractivity contribution in [1.82, 2.24) is 9.55 Å². The van der Waals surface area contributed by atoms with Gasteiger partial charge < -0.3 is 38.9 Å². The molecule has 0 aliphatic heterocycles. The number of H-pyrrole nitrogens is 1. The summed E-state index contributed by atoms with van der Waals surface area (Å²) in [5.41, 5.74) is 3.62. The van der Waals surface area contributed by atoms with Gasteiger partial charge in [0, 0.05) is 28.6 Å². The number of fused-ring (bicyclic) bond motifs is 5. The first-order valence-corrected chi connectivity index (χ1v) is 18.8. The van der Waals surface area contributed by atoms with E-state index in [-0.39, 0.29) is 57.6 Å². The maximum atomic E-state index is 15.1. The lowest BCUT2D eigenvalue weighted by Gasteiger charge is -2.17. The number of para-hydroxylation sites is 1. The molecule has 0 bridgehead atoms. The summed E-state index contributed by atoms with van der Waals surface area (Å²) in [4.78, 5) is 32.4. The van der Waals surface area contributed by atoms with Crippen LogP contribution in [-0.4, -0.2) is 61.8 Å². The second-order valence-electron chi connectivity index (χ2n) is 13.3. The first-order chi connectivity index (χ1) is 27.3. The van der Waals surface area contributed by atoms with Crippen LogP contribution in [0.25, 0.3) is 44.3 Å². The van der Waals surface area contributed by atoms with Gasteiger partial charge in [0.05, 0.1) is 40.2 Å². The number of methoxy groups -OCH3 is 1. The Morgan fingerprint density at radius 3 is 1.86 bits per heavy atom. The van der Waals surface area contributed by atoms with Crippen molar-refractivity contribution in [3.8, 4) is 51.0 Å². The van der Waals surface area contributed by atoms with E-state index in [0.29, 0.717) is 55.9 Å². The number of ether oxygens (including phenoxy) is 1. The molecule has 286 valence electrons. The molecule has 0 spiro atoms. The molecule has 0 saturated heterocycles. The Bertz CT molecular complexity index is 2980. The Morgan fingerprint density at radius 1 is 0.719 bits per heavy atom. The molecule has 14 heteroatoms. The molecule has 1 aliphatic rings. The Kier molecular flexibility index (Phi) is 9.07. The number of Topliss-reactive ketones (excluding diaryl/α,β-unsaturated/α-hetero) is 1. The van der Waals surface area contributed by atoms with Crippen LogP contribution in [0.2, 0.25) is 0 Å². The van der Waals surface area contributed by atoms with Gasteiger partial charge in [0.2, 0.25) is 5.78 Å². The highest BCUT2D eigenvalue weighted by Gasteiger charge is 2.36. The fraction of sp³-hybridized carbons (Fsp3) is 0.0698. The van der Waals surface area contributed by atoms with Crippen LogP contribution < -0.4 is 14.9 Å². The maximum Gasteiger partial charge on any atom is 0.446 e. The second-order valence-corrected chi connectivity index (χ2v) is 14.3. The minimum atomic E-state index is -5.00. The zero-order valence-corrected chi connectivity index (χ0v) is 30.7. The largest absolute Gasteiger partial charge is 0.508 e. The average molecular weight is 785 g/mol. The minimum absolute atomic E-state index is 0.0389. The zero-order chi connectivity index (χ0) is 40.2. The molecule has 57 heavy (non-hydrogen) atoms. The molecule has 0 amide bonds. The summed E-state index contributed by atoms with van der Waals surface area (Å²) >= 11 is 0. The topological polar surface area (TPSA) is 209 Å². The molecule has 5 aromatic carbocycles. The standard InChI is InChI=1S/C43H32N2O11S/c1-55-43(51)35(26-11-19-30(49)20-12-26)40-33(24-7-15-28(47)16-8-24)37-36-31-3-2-4-32(56-57(52,53)54)38(31)44-39(36)42(50)34(25-9-17-29(48)18-10-25)41(37)45(40)22-21-23-5-13-27(46)14-6-23/h2-20,44,46-49H,21-22H2,1H3,(H,52,53,54). The van der Waals surface area contributed by atoms with Crippen LogP contribution in [0.1, 0.15) is 27.2 Å². The third kappa shape index (κ3) is 6.62. The van der Waals surface area contributed by atoms with Crippen LogP contribution in [0.5, 0.6) is 28.7 Å². The summed E-state index contributed by atoms with van der Waals surface area (Å²) < 4.78 is 45.9. The van der Waals surface area contributed by atoms with Crippen molar-refractivity contribution in [2.45, 2.75) is 13.0 Å². The highest BCUT2D eigenvalue weighted by molar-refractivity contribution is 7.81. The van der Waals surface area contributed by atoms with Crippen LogP contribution in [0.15, 0.2) is 115 Å². The molecule has 2 aromatic heterocycles. The third-order valence-corrected chi connectivity index (χ3v) is 10.2. The molecule has 0 atom stereocenters. The number of nitrogens with zero attached hydrogens (tertiary/aromatic N) is 1. The van der Waals surface area contributed by atoms with Gasteiger partial charge in [-0.3, -0.25) is 9.35 Å². The lowest BCUT2D eigenvalue weighted by atomic mass is 9.85. The van der Waals surface area contributed by atoms with E-state index in [2.05, 4.69) is 4.98 Å². The molecule has 7 aromatic rings. The molecule has 0 saturated carbocycles. The third-order valence-electron chi connectivity index (χ3n) is 9.85. The van der Waals surface area contributed by atoms with Gasteiger partial charge >= 0.3 is 16.4 Å². The fourth-order valence-electron chi connectivity index (χ4n) is 7.43. The second kappa shape index (κ2) is 14.1.